The molecular weight excluding hydrogens is 900 g/mol. The Kier molecular flexibility index (Phi) is 9.63. The quantitative estimate of drug-likeness (QED) is 0.163. The van der Waals surface area contributed by atoms with Gasteiger partial charge in [-0.3, -0.25) is 0 Å². The summed E-state index contributed by atoms with van der Waals surface area (Å²) < 4.78 is 258. The molecule has 0 saturated heterocycles. The molecule has 8 rings (SSSR count). The molecule has 3 nitrogen and oxygen atoms in total. The number of fused-ring (bicyclic) bond motifs is 6. The Hall–Kier alpha value is -6.85. The molecular formula is C43H17F18N3. The van der Waals surface area contributed by atoms with Crippen LogP contribution in [0, 0.1) is 11.3 Å². The zero-order chi connectivity index (χ0) is 46.9. The second-order valence-corrected chi connectivity index (χ2v) is 14.3. The first-order valence-electron chi connectivity index (χ1n) is 17.8. The standard InChI is InChI=1S/C43H17F18N3/c44-38(45,46)20-1-6-25(31(13-20)43(59,60)61)19-11-32(63-34-14-21(39(47,48)49)2-7-26(34)27-8-3-22(15-35(27)63)40(50,51)52)30(18-62)33(12-19)64-36-16-23(41(53,54)55)4-9-28(36)29-10-5-24(17-37(29)64)42(56,57)58/h1-17H. The second kappa shape index (κ2) is 14.1. The van der Waals surface area contributed by atoms with Crippen molar-refractivity contribution in [1.29, 1.82) is 5.26 Å². The van der Waals surface area contributed by atoms with Crippen molar-refractivity contribution in [1.82, 2.24) is 9.13 Å². The van der Waals surface area contributed by atoms with Gasteiger partial charge in [-0.2, -0.15) is 84.3 Å². The highest BCUT2D eigenvalue weighted by Gasteiger charge is 2.40. The number of hydrogen-bond donors (Lipinski definition) is 0. The summed E-state index contributed by atoms with van der Waals surface area (Å²) in [6, 6.07) is 10.3. The molecule has 0 amide bonds. The van der Waals surface area contributed by atoms with E-state index in [-0.39, 0.29) is 33.7 Å². The van der Waals surface area contributed by atoms with Gasteiger partial charge in [0, 0.05) is 21.5 Å². The fourth-order valence-electron chi connectivity index (χ4n) is 7.70. The molecule has 0 unspecified atom stereocenters. The maximum atomic E-state index is 14.8. The van der Waals surface area contributed by atoms with Gasteiger partial charge in [-0.05, 0) is 83.9 Å². The van der Waals surface area contributed by atoms with Gasteiger partial charge in [-0.1, -0.05) is 30.3 Å². The lowest BCUT2D eigenvalue weighted by Gasteiger charge is -2.21. The molecule has 0 spiro atoms. The highest BCUT2D eigenvalue weighted by Crippen LogP contribution is 2.47. The molecule has 0 N–H and O–H groups in total. The Balaban J connectivity index is 1.64. The van der Waals surface area contributed by atoms with Crippen molar-refractivity contribution in [3.8, 4) is 28.6 Å². The number of nitriles is 1. The molecule has 0 aliphatic rings. The van der Waals surface area contributed by atoms with Crippen LogP contribution in [0.25, 0.3) is 66.1 Å². The number of benzene rings is 6. The minimum atomic E-state index is -5.66. The van der Waals surface area contributed by atoms with Crippen LogP contribution >= 0.6 is 0 Å². The fourth-order valence-corrected chi connectivity index (χ4v) is 7.70. The van der Waals surface area contributed by atoms with Crippen molar-refractivity contribution in [3.05, 3.63) is 142 Å². The van der Waals surface area contributed by atoms with Crippen LogP contribution in [0.4, 0.5) is 79.0 Å². The summed E-state index contributed by atoms with van der Waals surface area (Å²) in [6.07, 6.45) is -31.7. The van der Waals surface area contributed by atoms with Gasteiger partial charge in [0.2, 0.25) is 0 Å². The SMILES string of the molecule is N#Cc1c(-n2c3cc(C(F)(F)F)ccc3c3ccc(C(F)(F)F)cc32)cc(-c2ccc(C(F)(F)F)cc2C(F)(F)F)cc1-n1c2cc(C(F)(F)F)ccc2c2ccc(C(F)(F)F)cc21. The van der Waals surface area contributed by atoms with E-state index in [0.29, 0.717) is 75.9 Å². The van der Waals surface area contributed by atoms with Crippen molar-refractivity contribution in [2.24, 2.45) is 0 Å². The van der Waals surface area contributed by atoms with Crippen LogP contribution in [0.15, 0.2) is 103 Å². The van der Waals surface area contributed by atoms with Crippen LogP contribution in [0.5, 0.6) is 0 Å². The van der Waals surface area contributed by atoms with Crippen LogP contribution < -0.4 is 0 Å². The Morgan fingerprint density at radius 2 is 0.625 bits per heavy atom. The Morgan fingerprint density at radius 3 is 0.891 bits per heavy atom. The number of aromatic nitrogens is 2. The van der Waals surface area contributed by atoms with Gasteiger partial charge in [0.1, 0.15) is 11.6 Å². The molecule has 2 heterocycles. The third-order valence-electron chi connectivity index (χ3n) is 10.5. The maximum Gasteiger partial charge on any atom is 0.417 e. The van der Waals surface area contributed by atoms with E-state index in [1.807, 2.05) is 0 Å². The molecule has 330 valence electrons. The molecule has 0 aliphatic heterocycles. The highest BCUT2D eigenvalue weighted by atomic mass is 19.4. The van der Waals surface area contributed by atoms with Gasteiger partial charge in [0.25, 0.3) is 0 Å². The summed E-state index contributed by atoms with van der Waals surface area (Å²) in [6.45, 7) is 0. The van der Waals surface area contributed by atoms with Crippen molar-refractivity contribution >= 4 is 43.6 Å². The van der Waals surface area contributed by atoms with Crippen molar-refractivity contribution in [2.45, 2.75) is 37.1 Å². The summed E-state index contributed by atoms with van der Waals surface area (Å²) in [4.78, 5) is 0. The van der Waals surface area contributed by atoms with Gasteiger partial charge in [0.05, 0.1) is 66.8 Å². The van der Waals surface area contributed by atoms with E-state index in [4.69, 9.17) is 0 Å². The summed E-state index contributed by atoms with van der Waals surface area (Å²) >= 11 is 0. The van der Waals surface area contributed by atoms with Crippen molar-refractivity contribution < 1.29 is 79.0 Å². The first-order chi connectivity index (χ1) is 29.5. The Labute approximate surface area is 344 Å². The predicted octanol–water partition coefficient (Wildman–Crippen LogP) is 15.5. The number of hydrogen-bond acceptors (Lipinski definition) is 1. The summed E-state index contributed by atoms with van der Waals surface area (Å²) in [5.74, 6) is 0. The minimum Gasteiger partial charge on any atom is -0.308 e. The van der Waals surface area contributed by atoms with E-state index in [2.05, 4.69) is 0 Å². The molecule has 0 bridgehead atoms. The second-order valence-electron chi connectivity index (χ2n) is 14.3. The fraction of sp³-hybridized carbons (Fsp3) is 0.140. The zero-order valence-electron chi connectivity index (χ0n) is 31.0. The van der Waals surface area contributed by atoms with Gasteiger partial charge in [-0.15, -0.1) is 0 Å². The molecule has 8 aromatic rings. The summed E-state index contributed by atoms with van der Waals surface area (Å²) in [5.41, 5.74) is -16.9. The lowest BCUT2D eigenvalue weighted by Crippen LogP contribution is -2.13. The Bertz CT molecular complexity index is 2940. The number of alkyl halides is 18. The van der Waals surface area contributed by atoms with E-state index in [0.717, 1.165) is 24.3 Å². The number of nitrogens with zero attached hydrogens (tertiary/aromatic N) is 3. The molecule has 21 heteroatoms. The van der Waals surface area contributed by atoms with Crippen LogP contribution in [-0.2, 0) is 37.1 Å². The molecule has 64 heavy (non-hydrogen) atoms. The summed E-state index contributed by atoms with van der Waals surface area (Å²) in [5, 5.41) is 9.94. The third-order valence-corrected chi connectivity index (χ3v) is 10.5. The van der Waals surface area contributed by atoms with Gasteiger partial charge in [0.15, 0.2) is 0 Å². The average Bonchev–Trinajstić information content (AvgIpc) is 3.69. The highest BCUT2D eigenvalue weighted by molar-refractivity contribution is 6.11. The largest absolute Gasteiger partial charge is 0.417 e. The smallest absolute Gasteiger partial charge is 0.308 e. The molecule has 0 aliphatic carbocycles. The molecule has 6 aromatic carbocycles. The molecule has 0 radical (unpaired) electrons. The Morgan fingerprint density at radius 1 is 0.344 bits per heavy atom. The van der Waals surface area contributed by atoms with Gasteiger partial charge >= 0.3 is 37.1 Å². The van der Waals surface area contributed by atoms with Crippen LogP contribution in [0.2, 0.25) is 0 Å². The average molecular weight is 918 g/mol. The van der Waals surface area contributed by atoms with Crippen LogP contribution in [0.1, 0.15) is 38.9 Å². The van der Waals surface area contributed by atoms with Gasteiger partial charge in [-0.25, -0.2) is 0 Å². The maximum absolute atomic E-state index is 14.8. The third kappa shape index (κ3) is 7.37. The molecule has 0 atom stereocenters. The van der Waals surface area contributed by atoms with Gasteiger partial charge < -0.3 is 9.13 Å². The van der Waals surface area contributed by atoms with E-state index < -0.39 is 121 Å². The topological polar surface area (TPSA) is 33.6 Å². The van der Waals surface area contributed by atoms with Crippen LogP contribution in [-0.4, -0.2) is 9.13 Å². The lowest BCUT2D eigenvalue weighted by atomic mass is 9.94. The minimum absolute atomic E-state index is 0.194. The van der Waals surface area contributed by atoms with E-state index in [9.17, 15) is 84.3 Å². The number of rotatable bonds is 3. The normalized spacial score (nSPS) is 13.5. The molecule has 2 aromatic heterocycles. The van der Waals surface area contributed by atoms with Crippen molar-refractivity contribution in [3.63, 3.8) is 0 Å². The van der Waals surface area contributed by atoms with E-state index in [1.165, 1.54) is 0 Å². The lowest BCUT2D eigenvalue weighted by molar-refractivity contribution is -0.143. The first kappa shape index (κ1) is 43.8. The molecule has 0 saturated carbocycles. The monoisotopic (exact) mass is 917 g/mol. The predicted molar refractivity (Wildman–Crippen MR) is 195 cm³/mol. The van der Waals surface area contributed by atoms with E-state index >= 15 is 0 Å². The van der Waals surface area contributed by atoms with Crippen molar-refractivity contribution in [2.75, 3.05) is 0 Å². The first-order valence-corrected chi connectivity index (χ1v) is 17.8. The molecule has 0 fully saturated rings. The summed E-state index contributed by atoms with van der Waals surface area (Å²) in [7, 11) is 0. The van der Waals surface area contributed by atoms with Crippen LogP contribution in [0.3, 0.4) is 0 Å². The zero-order valence-corrected chi connectivity index (χ0v) is 31.0. The van der Waals surface area contributed by atoms with E-state index in [1.54, 1.807) is 6.07 Å². The number of halogens is 18.